The van der Waals surface area contributed by atoms with Gasteiger partial charge in [-0.1, -0.05) is 19.4 Å². The average Bonchev–Trinajstić information content (AvgIpc) is 2.17. The van der Waals surface area contributed by atoms with E-state index in [9.17, 15) is 4.79 Å². The fraction of sp³-hybridized carbons (Fsp3) is 0.786. The van der Waals surface area contributed by atoms with Gasteiger partial charge in [-0.2, -0.15) is 0 Å². The second-order valence-corrected chi connectivity index (χ2v) is 5.35. The highest BCUT2D eigenvalue weighted by Crippen LogP contribution is 2.36. The first-order chi connectivity index (χ1) is 7.00. The van der Waals surface area contributed by atoms with E-state index >= 15 is 0 Å². The predicted octanol–water partition coefficient (Wildman–Crippen LogP) is 3.98. The molecule has 0 amide bonds. The summed E-state index contributed by atoms with van der Waals surface area (Å²) in [6, 6.07) is 0. The zero-order valence-corrected chi connectivity index (χ0v) is 10.5. The third kappa shape index (κ3) is 3.81. The minimum Gasteiger partial charge on any atom is -0.295 e. The highest BCUT2D eigenvalue weighted by atomic mass is 16.1. The van der Waals surface area contributed by atoms with E-state index in [1.807, 2.05) is 6.08 Å². The summed E-state index contributed by atoms with van der Waals surface area (Å²) in [4.78, 5) is 11.0. The van der Waals surface area contributed by atoms with E-state index in [1.54, 1.807) is 6.92 Å². The molecule has 1 nitrogen and oxygen atoms in total. The lowest BCUT2D eigenvalue weighted by Gasteiger charge is -2.31. The van der Waals surface area contributed by atoms with Crippen molar-refractivity contribution in [1.82, 2.24) is 0 Å². The van der Waals surface area contributed by atoms with Crippen molar-refractivity contribution in [2.45, 2.75) is 53.4 Å². The molecule has 0 heterocycles. The molecule has 0 spiro atoms. The van der Waals surface area contributed by atoms with Crippen molar-refractivity contribution in [3.05, 3.63) is 11.6 Å². The smallest absolute Gasteiger partial charge is 0.152 e. The molecule has 0 bridgehead atoms. The van der Waals surface area contributed by atoms with E-state index in [-0.39, 0.29) is 5.78 Å². The van der Waals surface area contributed by atoms with Crippen LogP contribution in [0.4, 0.5) is 0 Å². The summed E-state index contributed by atoms with van der Waals surface area (Å²) in [5.41, 5.74) is 1.30. The average molecular weight is 208 g/mol. The van der Waals surface area contributed by atoms with Crippen molar-refractivity contribution in [3.8, 4) is 0 Å². The second-order valence-electron chi connectivity index (χ2n) is 5.35. The maximum Gasteiger partial charge on any atom is 0.152 e. The first-order valence-corrected chi connectivity index (χ1v) is 6.19. The number of rotatable bonds is 3. The molecule has 1 saturated carbocycles. The molecule has 15 heavy (non-hydrogen) atoms. The van der Waals surface area contributed by atoms with Gasteiger partial charge >= 0.3 is 0 Å². The summed E-state index contributed by atoms with van der Waals surface area (Å²) in [7, 11) is 0. The van der Waals surface area contributed by atoms with Crippen LogP contribution in [0.2, 0.25) is 0 Å². The van der Waals surface area contributed by atoms with Gasteiger partial charge in [-0.15, -0.1) is 0 Å². The summed E-state index contributed by atoms with van der Waals surface area (Å²) >= 11 is 0. The Bertz CT molecular complexity index is 242. The van der Waals surface area contributed by atoms with E-state index < -0.39 is 0 Å². The summed E-state index contributed by atoms with van der Waals surface area (Å²) in [5.74, 6) is 2.59. The summed E-state index contributed by atoms with van der Waals surface area (Å²) in [5, 5.41) is 0. The Kier molecular flexibility index (Phi) is 4.56. The third-order valence-corrected chi connectivity index (χ3v) is 3.79. The Morgan fingerprint density at radius 3 is 2.07 bits per heavy atom. The zero-order valence-electron chi connectivity index (χ0n) is 10.5. The molecular formula is C14H24O. The van der Waals surface area contributed by atoms with Gasteiger partial charge in [0.1, 0.15) is 0 Å². The SMILES string of the molecule is CC(=O)C=C(C)C1CCC(C(C)C)CC1. The zero-order chi connectivity index (χ0) is 11.4. The number of carbonyl (C=O) groups excluding carboxylic acids is 1. The Morgan fingerprint density at radius 1 is 1.13 bits per heavy atom. The Balaban J connectivity index is 2.47. The minimum absolute atomic E-state index is 0.193. The fourth-order valence-corrected chi connectivity index (χ4v) is 2.68. The van der Waals surface area contributed by atoms with Crippen molar-refractivity contribution in [3.63, 3.8) is 0 Å². The highest BCUT2D eigenvalue weighted by Gasteiger charge is 2.23. The van der Waals surface area contributed by atoms with Crippen molar-refractivity contribution >= 4 is 5.78 Å². The molecular weight excluding hydrogens is 184 g/mol. The van der Waals surface area contributed by atoms with Crippen LogP contribution >= 0.6 is 0 Å². The van der Waals surface area contributed by atoms with E-state index in [2.05, 4.69) is 20.8 Å². The molecule has 1 aliphatic rings. The van der Waals surface area contributed by atoms with Gasteiger partial charge in [0.05, 0.1) is 0 Å². The molecule has 0 aromatic heterocycles. The van der Waals surface area contributed by atoms with E-state index in [4.69, 9.17) is 0 Å². The van der Waals surface area contributed by atoms with E-state index in [0.29, 0.717) is 5.92 Å². The summed E-state index contributed by atoms with van der Waals surface area (Å²) in [6.07, 6.45) is 7.05. The Morgan fingerprint density at radius 2 is 1.67 bits per heavy atom. The predicted molar refractivity (Wildman–Crippen MR) is 64.7 cm³/mol. The molecule has 0 unspecified atom stereocenters. The van der Waals surface area contributed by atoms with Gasteiger partial charge in [0.2, 0.25) is 0 Å². The van der Waals surface area contributed by atoms with Crippen LogP contribution in [0, 0.1) is 17.8 Å². The Labute approximate surface area is 93.9 Å². The van der Waals surface area contributed by atoms with Crippen LogP contribution < -0.4 is 0 Å². The molecule has 1 heteroatoms. The van der Waals surface area contributed by atoms with Crippen molar-refractivity contribution in [1.29, 1.82) is 0 Å². The molecule has 86 valence electrons. The second kappa shape index (κ2) is 5.48. The lowest BCUT2D eigenvalue weighted by molar-refractivity contribution is -0.112. The van der Waals surface area contributed by atoms with Crippen LogP contribution in [0.5, 0.6) is 0 Å². The minimum atomic E-state index is 0.193. The maximum atomic E-state index is 11.0. The summed E-state index contributed by atoms with van der Waals surface area (Å²) < 4.78 is 0. The van der Waals surface area contributed by atoms with E-state index in [1.165, 1.54) is 31.3 Å². The lowest BCUT2D eigenvalue weighted by Crippen LogP contribution is -2.19. The first kappa shape index (κ1) is 12.5. The lowest BCUT2D eigenvalue weighted by atomic mass is 9.75. The van der Waals surface area contributed by atoms with Gasteiger partial charge in [-0.25, -0.2) is 0 Å². The van der Waals surface area contributed by atoms with Gasteiger partial charge in [-0.3, -0.25) is 4.79 Å². The molecule has 0 aromatic carbocycles. The molecule has 1 aliphatic carbocycles. The van der Waals surface area contributed by atoms with Crippen LogP contribution in [-0.2, 0) is 4.79 Å². The molecule has 0 atom stereocenters. The Hall–Kier alpha value is -0.590. The standard InChI is InChI=1S/C14H24O/c1-10(2)13-5-7-14(8-6-13)11(3)9-12(4)15/h9-10,13-14H,5-8H2,1-4H3. The quantitative estimate of drug-likeness (QED) is 0.641. The van der Waals surface area contributed by atoms with Crippen LogP contribution in [0.15, 0.2) is 11.6 Å². The van der Waals surface area contributed by atoms with Crippen molar-refractivity contribution < 1.29 is 4.79 Å². The van der Waals surface area contributed by atoms with Gasteiger partial charge in [0, 0.05) is 0 Å². The van der Waals surface area contributed by atoms with E-state index in [0.717, 1.165) is 11.8 Å². The molecule has 0 aromatic rings. The van der Waals surface area contributed by atoms with Gasteiger partial charge in [-0.05, 0) is 63.4 Å². The molecule has 0 aliphatic heterocycles. The van der Waals surface area contributed by atoms with Gasteiger partial charge in [0.15, 0.2) is 5.78 Å². The van der Waals surface area contributed by atoms with Crippen LogP contribution in [-0.4, -0.2) is 5.78 Å². The molecule has 1 fully saturated rings. The third-order valence-electron chi connectivity index (χ3n) is 3.79. The normalized spacial score (nSPS) is 28.2. The van der Waals surface area contributed by atoms with Crippen molar-refractivity contribution in [2.24, 2.45) is 17.8 Å². The highest BCUT2D eigenvalue weighted by molar-refractivity contribution is 5.87. The molecule has 0 saturated heterocycles. The number of carbonyl (C=O) groups is 1. The first-order valence-electron chi connectivity index (χ1n) is 6.19. The van der Waals surface area contributed by atoms with Crippen LogP contribution in [0.3, 0.4) is 0 Å². The monoisotopic (exact) mass is 208 g/mol. The van der Waals surface area contributed by atoms with Gasteiger partial charge in [0.25, 0.3) is 0 Å². The largest absolute Gasteiger partial charge is 0.295 e. The number of hydrogen-bond acceptors (Lipinski definition) is 1. The number of hydrogen-bond donors (Lipinski definition) is 0. The number of ketones is 1. The van der Waals surface area contributed by atoms with Crippen LogP contribution in [0.1, 0.15) is 53.4 Å². The number of allylic oxidation sites excluding steroid dienone is 2. The topological polar surface area (TPSA) is 17.1 Å². The van der Waals surface area contributed by atoms with Crippen LogP contribution in [0.25, 0.3) is 0 Å². The van der Waals surface area contributed by atoms with Crippen molar-refractivity contribution in [2.75, 3.05) is 0 Å². The summed E-state index contributed by atoms with van der Waals surface area (Å²) in [6.45, 7) is 8.40. The molecule has 1 rings (SSSR count). The molecule has 0 radical (unpaired) electrons. The maximum absolute atomic E-state index is 11.0. The fourth-order valence-electron chi connectivity index (χ4n) is 2.68. The molecule has 0 N–H and O–H groups in total. The van der Waals surface area contributed by atoms with Gasteiger partial charge < -0.3 is 0 Å².